The summed E-state index contributed by atoms with van der Waals surface area (Å²) < 4.78 is 5.12. The van der Waals surface area contributed by atoms with Gasteiger partial charge in [0.05, 0.1) is 23.5 Å². The van der Waals surface area contributed by atoms with Crippen molar-refractivity contribution in [2.45, 2.75) is 13.8 Å². The highest BCUT2D eigenvalue weighted by atomic mass is 35.5. The Bertz CT molecular complexity index is 982. The fourth-order valence-corrected chi connectivity index (χ4v) is 2.81. The monoisotopic (exact) mass is 364 g/mol. The number of carbonyl (C=O) groups excluding carboxylic acids is 1. The van der Waals surface area contributed by atoms with Crippen molar-refractivity contribution in [3.63, 3.8) is 0 Å². The number of nitriles is 3. The summed E-state index contributed by atoms with van der Waals surface area (Å²) in [6, 6.07) is 12.2. The smallest absolute Gasteiger partial charge is 0.340 e. The zero-order chi connectivity index (χ0) is 19.3. The van der Waals surface area contributed by atoms with Gasteiger partial charge in [0, 0.05) is 21.9 Å². The topological polar surface area (TPSA) is 110 Å². The molecular weight excluding hydrogens is 352 g/mol. The van der Waals surface area contributed by atoms with Gasteiger partial charge >= 0.3 is 5.97 Å². The number of dihydropyridines is 1. The summed E-state index contributed by atoms with van der Waals surface area (Å²) in [4.78, 5) is 12.5. The Morgan fingerprint density at radius 1 is 1.23 bits per heavy atom. The largest absolute Gasteiger partial charge is 0.462 e. The molecule has 0 bridgehead atoms. The van der Waals surface area contributed by atoms with Gasteiger partial charge in [-0.2, -0.15) is 15.8 Å². The minimum absolute atomic E-state index is 0.0233. The van der Waals surface area contributed by atoms with Crippen LogP contribution in [-0.4, -0.2) is 12.6 Å². The SMILES string of the molecule is CCOC(=O)C1=C(C)NC(=C(C#N)C#N)C(C#N)=C1c1ccccc1Cl. The van der Waals surface area contributed by atoms with E-state index in [2.05, 4.69) is 5.32 Å². The lowest BCUT2D eigenvalue weighted by molar-refractivity contribution is -0.138. The van der Waals surface area contributed by atoms with Crippen LogP contribution in [0.25, 0.3) is 5.57 Å². The second kappa shape index (κ2) is 8.03. The quantitative estimate of drug-likeness (QED) is 0.650. The minimum atomic E-state index is -0.630. The van der Waals surface area contributed by atoms with Crippen LogP contribution >= 0.6 is 11.6 Å². The van der Waals surface area contributed by atoms with Gasteiger partial charge in [-0.05, 0) is 19.9 Å². The Morgan fingerprint density at radius 3 is 2.42 bits per heavy atom. The van der Waals surface area contributed by atoms with E-state index in [0.29, 0.717) is 16.3 Å². The molecule has 26 heavy (non-hydrogen) atoms. The molecule has 1 aromatic carbocycles. The van der Waals surface area contributed by atoms with E-state index in [0.717, 1.165) is 0 Å². The number of hydrogen-bond donors (Lipinski definition) is 1. The van der Waals surface area contributed by atoms with E-state index >= 15 is 0 Å². The van der Waals surface area contributed by atoms with E-state index in [1.807, 2.05) is 6.07 Å². The fourth-order valence-electron chi connectivity index (χ4n) is 2.58. The summed E-state index contributed by atoms with van der Waals surface area (Å²) in [6.07, 6.45) is 0. The van der Waals surface area contributed by atoms with E-state index in [9.17, 15) is 20.6 Å². The number of ether oxygens (including phenoxy) is 1. The summed E-state index contributed by atoms with van der Waals surface area (Å²) in [7, 11) is 0. The molecule has 0 radical (unpaired) electrons. The van der Waals surface area contributed by atoms with Gasteiger partial charge in [0.2, 0.25) is 0 Å². The number of benzene rings is 1. The third-order valence-electron chi connectivity index (χ3n) is 3.65. The van der Waals surface area contributed by atoms with Crippen LogP contribution in [0.5, 0.6) is 0 Å². The standard InChI is InChI=1S/C19H13ClN4O2/c1-3-26-19(25)16-11(2)24-18(12(8-21)9-22)14(10-23)17(16)13-6-4-5-7-15(13)20/h4-7,24H,3H2,1-2H3. The lowest BCUT2D eigenvalue weighted by atomic mass is 9.86. The molecule has 6 nitrogen and oxygen atoms in total. The molecule has 1 aliphatic heterocycles. The van der Waals surface area contributed by atoms with Crippen LogP contribution < -0.4 is 5.32 Å². The number of allylic oxidation sites excluding steroid dienone is 3. The molecule has 0 saturated carbocycles. The predicted molar refractivity (Wildman–Crippen MR) is 94.7 cm³/mol. The summed E-state index contributed by atoms with van der Waals surface area (Å²) >= 11 is 6.28. The van der Waals surface area contributed by atoms with Crippen molar-refractivity contribution in [3.8, 4) is 18.2 Å². The molecule has 7 heteroatoms. The molecule has 0 saturated heterocycles. The molecule has 1 heterocycles. The predicted octanol–water partition coefficient (Wildman–Crippen LogP) is 3.36. The van der Waals surface area contributed by atoms with Crippen LogP contribution in [0.1, 0.15) is 19.4 Å². The lowest BCUT2D eigenvalue weighted by Gasteiger charge is -2.25. The van der Waals surface area contributed by atoms with Gasteiger partial charge in [-0.25, -0.2) is 4.79 Å². The van der Waals surface area contributed by atoms with Gasteiger partial charge in [-0.1, -0.05) is 29.8 Å². The number of nitrogens with zero attached hydrogens (tertiary/aromatic N) is 3. The highest BCUT2D eigenvalue weighted by Gasteiger charge is 2.32. The van der Waals surface area contributed by atoms with E-state index in [1.165, 1.54) is 0 Å². The van der Waals surface area contributed by atoms with Crippen LogP contribution in [0.15, 0.2) is 52.4 Å². The Morgan fingerprint density at radius 2 is 1.88 bits per heavy atom. The number of rotatable bonds is 3. The third kappa shape index (κ3) is 3.30. The van der Waals surface area contributed by atoms with Gasteiger partial charge in [0.1, 0.15) is 18.2 Å². The normalized spacial score (nSPS) is 13.3. The molecule has 0 aliphatic carbocycles. The van der Waals surface area contributed by atoms with Crippen molar-refractivity contribution >= 4 is 23.1 Å². The molecule has 0 aromatic heterocycles. The summed E-state index contributed by atoms with van der Waals surface area (Å²) in [5.41, 5.74) is 0.898. The number of nitrogens with one attached hydrogen (secondary N) is 1. The van der Waals surface area contributed by atoms with Crippen molar-refractivity contribution in [3.05, 3.63) is 63.0 Å². The maximum absolute atomic E-state index is 12.5. The molecule has 0 spiro atoms. The number of halogens is 1. The molecule has 128 valence electrons. The van der Waals surface area contributed by atoms with Gasteiger partial charge in [0.15, 0.2) is 5.57 Å². The van der Waals surface area contributed by atoms with Crippen molar-refractivity contribution < 1.29 is 9.53 Å². The first-order chi connectivity index (χ1) is 12.5. The summed E-state index contributed by atoms with van der Waals surface area (Å²) in [6.45, 7) is 3.42. The average Bonchev–Trinajstić information content (AvgIpc) is 2.63. The van der Waals surface area contributed by atoms with Crippen LogP contribution in [0.3, 0.4) is 0 Å². The zero-order valence-electron chi connectivity index (χ0n) is 14.1. The van der Waals surface area contributed by atoms with Crippen LogP contribution in [0, 0.1) is 34.0 Å². The number of hydrogen-bond acceptors (Lipinski definition) is 6. The number of esters is 1. The maximum Gasteiger partial charge on any atom is 0.340 e. The molecule has 0 amide bonds. The van der Waals surface area contributed by atoms with E-state index in [1.54, 1.807) is 50.3 Å². The van der Waals surface area contributed by atoms with Gasteiger partial charge in [-0.3, -0.25) is 0 Å². The van der Waals surface area contributed by atoms with Crippen molar-refractivity contribution in [1.82, 2.24) is 5.32 Å². The molecule has 1 N–H and O–H groups in total. The molecule has 1 aromatic rings. The molecular formula is C19H13ClN4O2. The van der Waals surface area contributed by atoms with Crippen molar-refractivity contribution in [2.24, 2.45) is 0 Å². The molecule has 0 fully saturated rings. The first-order valence-corrected chi connectivity index (χ1v) is 7.97. The van der Waals surface area contributed by atoms with Gasteiger partial charge in [0.25, 0.3) is 0 Å². The molecule has 1 aliphatic rings. The fraction of sp³-hybridized carbons (Fsp3) is 0.158. The third-order valence-corrected chi connectivity index (χ3v) is 3.98. The Balaban J connectivity index is 2.94. The van der Waals surface area contributed by atoms with Crippen LogP contribution in [0.2, 0.25) is 5.02 Å². The second-order valence-electron chi connectivity index (χ2n) is 5.16. The Kier molecular flexibility index (Phi) is 5.81. The summed E-state index contributed by atoms with van der Waals surface area (Å²) in [5.74, 6) is -0.630. The van der Waals surface area contributed by atoms with E-state index < -0.39 is 5.97 Å². The van der Waals surface area contributed by atoms with Crippen LogP contribution in [0.4, 0.5) is 0 Å². The van der Waals surface area contributed by atoms with Gasteiger partial charge < -0.3 is 10.1 Å². The second-order valence-corrected chi connectivity index (χ2v) is 5.57. The Hall–Kier alpha value is -3.53. The molecule has 0 unspecified atom stereocenters. The lowest BCUT2D eigenvalue weighted by Crippen LogP contribution is -2.26. The van der Waals surface area contributed by atoms with E-state index in [4.69, 9.17) is 16.3 Å². The minimum Gasteiger partial charge on any atom is -0.462 e. The van der Waals surface area contributed by atoms with Crippen molar-refractivity contribution in [1.29, 1.82) is 15.8 Å². The molecule has 2 rings (SSSR count). The first kappa shape index (κ1) is 18.8. The van der Waals surface area contributed by atoms with E-state index in [-0.39, 0.29) is 34.6 Å². The zero-order valence-corrected chi connectivity index (χ0v) is 14.8. The maximum atomic E-state index is 12.5. The van der Waals surface area contributed by atoms with Crippen LogP contribution in [-0.2, 0) is 9.53 Å². The average molecular weight is 365 g/mol. The Labute approximate surface area is 155 Å². The highest BCUT2D eigenvalue weighted by molar-refractivity contribution is 6.33. The highest BCUT2D eigenvalue weighted by Crippen LogP contribution is 2.39. The first-order valence-electron chi connectivity index (χ1n) is 7.59. The molecule has 0 atom stereocenters. The van der Waals surface area contributed by atoms with Crippen molar-refractivity contribution in [2.75, 3.05) is 6.61 Å². The summed E-state index contributed by atoms with van der Waals surface area (Å²) in [5, 5.41) is 31.3. The van der Waals surface area contributed by atoms with Gasteiger partial charge in [-0.15, -0.1) is 0 Å². The number of carbonyl (C=O) groups is 1.